The highest BCUT2D eigenvalue weighted by Gasteiger charge is 2.39. The minimum Gasteiger partial charge on any atom is -0.357 e. The number of hydrogen-bond donors (Lipinski definition) is 2. The number of carbonyl (C=O) groups is 2. The topological polar surface area (TPSA) is 61.4 Å². The lowest BCUT2D eigenvalue weighted by atomic mass is 9.74. The van der Waals surface area contributed by atoms with Gasteiger partial charge in [-0.3, -0.25) is 9.59 Å². The monoisotopic (exact) mass is 423 g/mol. The number of allylic oxidation sites excluding steroid dienone is 1. The number of ketones is 1. The van der Waals surface area contributed by atoms with Crippen LogP contribution in [0.15, 0.2) is 59.8 Å². The van der Waals surface area contributed by atoms with E-state index < -0.39 is 0 Å². The van der Waals surface area contributed by atoms with Gasteiger partial charge in [0.25, 0.3) is 0 Å². The van der Waals surface area contributed by atoms with Crippen LogP contribution in [0.2, 0.25) is 5.02 Å². The first-order valence-electron chi connectivity index (χ1n) is 10.2. The molecule has 0 saturated heterocycles. The summed E-state index contributed by atoms with van der Waals surface area (Å²) in [7, 11) is 0. The van der Waals surface area contributed by atoms with Gasteiger partial charge in [-0.15, -0.1) is 0 Å². The van der Waals surface area contributed by atoms with Gasteiger partial charge < -0.3 is 15.5 Å². The highest BCUT2D eigenvalue weighted by atomic mass is 35.5. The van der Waals surface area contributed by atoms with Crippen molar-refractivity contribution in [3.8, 4) is 0 Å². The van der Waals surface area contributed by atoms with Crippen molar-refractivity contribution in [2.45, 2.75) is 39.7 Å². The first-order chi connectivity index (χ1) is 14.2. The lowest BCUT2D eigenvalue weighted by Gasteiger charge is -2.36. The Morgan fingerprint density at radius 3 is 2.63 bits per heavy atom. The number of nitrogens with one attached hydrogen (secondary N) is 2. The van der Waals surface area contributed by atoms with Gasteiger partial charge in [0.2, 0.25) is 5.91 Å². The maximum atomic E-state index is 13.1. The SMILES string of the molecule is CC1C2=C(CC(C)(C)CC2=O)Nc2ccccc2N1CC(=O)Nc1ccccc1Cl. The van der Waals surface area contributed by atoms with E-state index in [1.807, 2.05) is 48.2 Å². The van der Waals surface area contributed by atoms with Crippen molar-refractivity contribution in [1.82, 2.24) is 0 Å². The molecule has 0 spiro atoms. The van der Waals surface area contributed by atoms with E-state index in [0.29, 0.717) is 17.1 Å². The molecular weight excluding hydrogens is 398 g/mol. The number of hydrogen-bond acceptors (Lipinski definition) is 4. The van der Waals surface area contributed by atoms with Gasteiger partial charge in [0, 0.05) is 17.7 Å². The third-order valence-electron chi connectivity index (χ3n) is 5.77. The molecule has 5 nitrogen and oxygen atoms in total. The zero-order valence-corrected chi connectivity index (χ0v) is 18.2. The van der Waals surface area contributed by atoms with E-state index in [1.165, 1.54) is 0 Å². The molecule has 6 heteroatoms. The summed E-state index contributed by atoms with van der Waals surface area (Å²) < 4.78 is 0. The van der Waals surface area contributed by atoms with Gasteiger partial charge >= 0.3 is 0 Å². The third kappa shape index (κ3) is 3.94. The molecule has 0 saturated carbocycles. The molecular formula is C24H26ClN3O2. The molecule has 2 N–H and O–H groups in total. The Labute approximate surface area is 182 Å². The fraction of sp³-hybridized carbons (Fsp3) is 0.333. The number of anilines is 3. The van der Waals surface area contributed by atoms with Crippen molar-refractivity contribution in [2.75, 3.05) is 22.1 Å². The third-order valence-corrected chi connectivity index (χ3v) is 6.10. The van der Waals surface area contributed by atoms with Gasteiger partial charge in [-0.05, 0) is 43.0 Å². The smallest absolute Gasteiger partial charge is 0.243 e. The van der Waals surface area contributed by atoms with Crippen LogP contribution in [0.3, 0.4) is 0 Å². The average Bonchev–Trinajstić information content (AvgIpc) is 2.77. The van der Waals surface area contributed by atoms with Crippen molar-refractivity contribution in [1.29, 1.82) is 0 Å². The van der Waals surface area contributed by atoms with Crippen LogP contribution >= 0.6 is 11.6 Å². The second-order valence-electron chi connectivity index (χ2n) is 8.81. The molecule has 4 rings (SSSR count). The number of benzene rings is 2. The van der Waals surface area contributed by atoms with Crippen LogP contribution in [-0.4, -0.2) is 24.3 Å². The van der Waals surface area contributed by atoms with Gasteiger partial charge in [-0.25, -0.2) is 0 Å². The first kappa shape index (κ1) is 20.5. The summed E-state index contributed by atoms with van der Waals surface area (Å²) in [5.41, 5.74) is 4.04. The van der Waals surface area contributed by atoms with E-state index in [2.05, 4.69) is 24.5 Å². The molecule has 1 aliphatic heterocycles. The molecule has 0 fully saturated rings. The Bertz CT molecular complexity index is 1040. The van der Waals surface area contributed by atoms with Crippen molar-refractivity contribution in [2.24, 2.45) is 5.41 Å². The Hall–Kier alpha value is -2.79. The fourth-order valence-corrected chi connectivity index (χ4v) is 4.60. The number of para-hydroxylation sites is 3. The molecule has 1 heterocycles. The number of fused-ring (bicyclic) bond motifs is 1. The molecule has 30 heavy (non-hydrogen) atoms. The predicted molar refractivity (Wildman–Crippen MR) is 122 cm³/mol. The van der Waals surface area contributed by atoms with Gasteiger partial charge in [0.05, 0.1) is 34.7 Å². The van der Waals surface area contributed by atoms with Gasteiger partial charge in [-0.1, -0.05) is 49.7 Å². The first-order valence-corrected chi connectivity index (χ1v) is 10.6. The minimum absolute atomic E-state index is 0.0891. The summed E-state index contributed by atoms with van der Waals surface area (Å²) in [6.45, 7) is 6.34. The second-order valence-corrected chi connectivity index (χ2v) is 9.21. The molecule has 0 aromatic heterocycles. The fourth-order valence-electron chi connectivity index (χ4n) is 4.42. The Morgan fingerprint density at radius 2 is 1.87 bits per heavy atom. The van der Waals surface area contributed by atoms with E-state index in [-0.39, 0.29) is 29.7 Å². The summed E-state index contributed by atoms with van der Waals surface area (Å²) in [4.78, 5) is 28.0. The molecule has 2 aromatic rings. The predicted octanol–water partition coefficient (Wildman–Crippen LogP) is 5.24. The summed E-state index contributed by atoms with van der Waals surface area (Å²) >= 11 is 6.19. The Kier molecular flexibility index (Phi) is 5.33. The largest absolute Gasteiger partial charge is 0.357 e. The maximum absolute atomic E-state index is 13.1. The quantitative estimate of drug-likeness (QED) is 0.708. The Balaban J connectivity index is 1.68. The molecule has 1 unspecified atom stereocenters. The lowest BCUT2D eigenvalue weighted by molar-refractivity contribution is -0.118. The van der Waals surface area contributed by atoms with Gasteiger partial charge in [0.15, 0.2) is 5.78 Å². The maximum Gasteiger partial charge on any atom is 0.243 e. The van der Waals surface area contributed by atoms with Crippen LogP contribution in [0, 0.1) is 5.41 Å². The van der Waals surface area contributed by atoms with Crippen LogP contribution in [0.5, 0.6) is 0 Å². The van der Waals surface area contributed by atoms with E-state index >= 15 is 0 Å². The minimum atomic E-state index is -0.225. The van der Waals surface area contributed by atoms with E-state index in [4.69, 9.17) is 11.6 Å². The summed E-state index contributed by atoms with van der Waals surface area (Å²) in [6.07, 6.45) is 1.31. The number of nitrogens with zero attached hydrogens (tertiary/aromatic N) is 1. The summed E-state index contributed by atoms with van der Waals surface area (Å²) in [5, 5.41) is 6.89. The highest BCUT2D eigenvalue weighted by Crippen LogP contribution is 2.43. The molecule has 1 aliphatic carbocycles. The van der Waals surface area contributed by atoms with Gasteiger partial charge in [0.1, 0.15) is 0 Å². The second kappa shape index (κ2) is 7.80. The number of Topliss-reactive ketones (excluding diaryl/α,β-unsaturated/α-hetero) is 1. The van der Waals surface area contributed by atoms with Crippen molar-refractivity contribution in [3.63, 3.8) is 0 Å². The highest BCUT2D eigenvalue weighted by molar-refractivity contribution is 6.33. The van der Waals surface area contributed by atoms with Crippen LogP contribution < -0.4 is 15.5 Å². The van der Waals surface area contributed by atoms with E-state index in [0.717, 1.165) is 29.1 Å². The van der Waals surface area contributed by atoms with Gasteiger partial charge in [-0.2, -0.15) is 0 Å². The zero-order chi connectivity index (χ0) is 21.5. The molecule has 1 amide bonds. The molecule has 156 valence electrons. The van der Waals surface area contributed by atoms with Crippen molar-refractivity contribution in [3.05, 3.63) is 64.8 Å². The van der Waals surface area contributed by atoms with Crippen molar-refractivity contribution >= 4 is 40.4 Å². The average molecular weight is 424 g/mol. The summed E-state index contributed by atoms with van der Waals surface area (Å²) in [6, 6.07) is 14.8. The van der Waals surface area contributed by atoms with Crippen LogP contribution in [-0.2, 0) is 9.59 Å². The van der Waals surface area contributed by atoms with Crippen LogP contribution in [0.25, 0.3) is 0 Å². The van der Waals surface area contributed by atoms with E-state index in [1.54, 1.807) is 12.1 Å². The molecule has 0 bridgehead atoms. The van der Waals surface area contributed by atoms with Crippen LogP contribution in [0.4, 0.5) is 17.1 Å². The number of halogens is 1. The summed E-state index contributed by atoms with van der Waals surface area (Å²) in [5.74, 6) is -0.0389. The molecule has 2 aromatic carbocycles. The lowest BCUT2D eigenvalue weighted by Crippen LogP contribution is -2.43. The number of amides is 1. The molecule has 2 aliphatic rings. The molecule has 1 atom stereocenters. The number of carbonyl (C=O) groups excluding carboxylic acids is 2. The number of rotatable bonds is 3. The molecule has 0 radical (unpaired) electrons. The zero-order valence-electron chi connectivity index (χ0n) is 17.5. The van der Waals surface area contributed by atoms with E-state index in [9.17, 15) is 9.59 Å². The normalized spacial score (nSPS) is 20.1. The van der Waals surface area contributed by atoms with Crippen LogP contribution in [0.1, 0.15) is 33.6 Å². The Morgan fingerprint density at radius 1 is 1.17 bits per heavy atom. The standard InChI is InChI=1S/C24H26ClN3O2/c1-15-23-19(12-24(2,3)13-21(23)29)26-18-10-6-7-11-20(18)28(15)14-22(30)27-17-9-5-4-8-16(17)25/h4-11,15,26H,12-14H2,1-3H3,(H,27,30). The van der Waals surface area contributed by atoms with Crippen molar-refractivity contribution < 1.29 is 9.59 Å².